The van der Waals surface area contributed by atoms with Gasteiger partial charge in [-0.05, 0) is 43.1 Å². The number of hydrogen-bond donors (Lipinski definition) is 1. The van der Waals surface area contributed by atoms with E-state index < -0.39 is 21.0 Å². The fourth-order valence-corrected chi connectivity index (χ4v) is 4.81. The molecule has 2 aliphatic rings. The summed E-state index contributed by atoms with van der Waals surface area (Å²) in [5.74, 6) is 0.0439. The van der Waals surface area contributed by atoms with Crippen LogP contribution in [0.5, 0.6) is 6.01 Å². The van der Waals surface area contributed by atoms with Crippen molar-refractivity contribution in [2.45, 2.75) is 51.9 Å². The van der Waals surface area contributed by atoms with Crippen molar-refractivity contribution in [2.75, 3.05) is 11.5 Å². The van der Waals surface area contributed by atoms with Crippen LogP contribution in [0.1, 0.15) is 51.0 Å². The molecule has 1 saturated heterocycles. The van der Waals surface area contributed by atoms with Gasteiger partial charge in [0, 0.05) is 18.9 Å². The molecule has 1 N–H and O–H groups in total. The van der Waals surface area contributed by atoms with Crippen molar-refractivity contribution in [3.63, 3.8) is 0 Å². The van der Waals surface area contributed by atoms with Gasteiger partial charge in [0.15, 0.2) is 9.84 Å². The molecule has 4 rings (SSSR count). The smallest absolute Gasteiger partial charge is 0.337 e. The van der Waals surface area contributed by atoms with Crippen LogP contribution in [-0.2, 0) is 16.3 Å². The Bertz CT molecular complexity index is 1170. The Balaban J connectivity index is 1.55. The molecule has 2 aromatic rings. The highest BCUT2D eigenvalue weighted by Gasteiger charge is 2.36. The molecule has 0 amide bonds. The molecule has 1 saturated carbocycles. The van der Waals surface area contributed by atoms with E-state index in [0.29, 0.717) is 23.1 Å². The van der Waals surface area contributed by atoms with Gasteiger partial charge >= 0.3 is 11.6 Å². The summed E-state index contributed by atoms with van der Waals surface area (Å²) in [5, 5.41) is 4.14. The summed E-state index contributed by atoms with van der Waals surface area (Å²) in [6, 6.07) is 1.15. The van der Waals surface area contributed by atoms with Crippen LogP contribution in [0, 0.1) is 5.41 Å². The summed E-state index contributed by atoms with van der Waals surface area (Å²) >= 11 is 0. The molecule has 2 fully saturated rings. The molecular formula is C19H23N3O6S. The maximum Gasteiger partial charge on any atom is 0.337 e. The molecule has 0 unspecified atom stereocenters. The zero-order chi connectivity index (χ0) is 20.6. The van der Waals surface area contributed by atoms with E-state index in [0.717, 1.165) is 12.8 Å². The lowest BCUT2D eigenvalue weighted by Crippen LogP contribution is -2.23. The van der Waals surface area contributed by atoms with Crippen molar-refractivity contribution in [3.8, 4) is 6.01 Å². The number of aromatic amines is 1. The zero-order valence-electron chi connectivity index (χ0n) is 16.2. The SMILES string of the molecule is CC1(CCCc2cc(=O)oc3nc(ON=C4CCS(=O)(=O)CC4)[nH]c(=O)c23)CC1. The number of aryl methyl sites for hydroxylation is 1. The summed E-state index contributed by atoms with van der Waals surface area (Å²) in [6.45, 7) is 2.24. The average molecular weight is 421 g/mol. The standard InChI is InChI=1S/C19H23N3O6S/c1-19(7-8-19)6-2-3-12-11-14(23)27-17-15(12)16(24)20-18(21-17)28-22-13-4-9-29(25,26)10-5-13/h11H,2-10H2,1H3,(H,20,21,24). The number of H-pyrrole nitrogens is 1. The number of hydrogen-bond acceptors (Lipinski definition) is 8. The highest BCUT2D eigenvalue weighted by atomic mass is 32.2. The molecule has 9 nitrogen and oxygen atoms in total. The van der Waals surface area contributed by atoms with Crippen molar-refractivity contribution in [2.24, 2.45) is 10.6 Å². The van der Waals surface area contributed by atoms with Crippen molar-refractivity contribution >= 4 is 26.6 Å². The van der Waals surface area contributed by atoms with Gasteiger partial charge in [-0.25, -0.2) is 13.2 Å². The van der Waals surface area contributed by atoms with Crippen LogP contribution in [-0.4, -0.2) is 35.6 Å². The Labute approximate surface area is 167 Å². The summed E-state index contributed by atoms with van der Waals surface area (Å²) in [7, 11) is -3.02. The number of fused-ring (bicyclic) bond motifs is 1. The zero-order valence-corrected chi connectivity index (χ0v) is 17.0. The molecule has 0 spiro atoms. The van der Waals surface area contributed by atoms with Gasteiger partial charge in [-0.2, -0.15) is 4.98 Å². The molecule has 1 aliphatic carbocycles. The fraction of sp³-hybridized carbons (Fsp3) is 0.579. The lowest BCUT2D eigenvalue weighted by atomic mass is 9.98. The molecule has 0 bridgehead atoms. The van der Waals surface area contributed by atoms with E-state index in [1.165, 1.54) is 18.9 Å². The van der Waals surface area contributed by atoms with E-state index in [1.54, 1.807) is 0 Å². The predicted molar refractivity (Wildman–Crippen MR) is 107 cm³/mol. The van der Waals surface area contributed by atoms with E-state index in [1.807, 2.05) is 0 Å². The second kappa shape index (κ2) is 7.40. The minimum absolute atomic E-state index is 0.0220. The van der Waals surface area contributed by atoms with E-state index in [4.69, 9.17) is 9.25 Å². The third-order valence-electron chi connectivity index (χ3n) is 5.67. The van der Waals surface area contributed by atoms with Gasteiger partial charge < -0.3 is 9.25 Å². The Morgan fingerprint density at radius 1 is 1.28 bits per heavy atom. The molecule has 3 heterocycles. The van der Waals surface area contributed by atoms with Crippen LogP contribution in [0.3, 0.4) is 0 Å². The number of sulfone groups is 1. The average Bonchev–Trinajstić information content (AvgIpc) is 3.37. The predicted octanol–water partition coefficient (Wildman–Crippen LogP) is 1.94. The third-order valence-corrected chi connectivity index (χ3v) is 7.32. The largest absolute Gasteiger partial charge is 0.403 e. The fourth-order valence-electron chi connectivity index (χ4n) is 3.51. The molecule has 0 radical (unpaired) electrons. The van der Waals surface area contributed by atoms with Gasteiger partial charge in [-0.1, -0.05) is 12.1 Å². The van der Waals surface area contributed by atoms with E-state index in [-0.39, 0.29) is 41.5 Å². The van der Waals surface area contributed by atoms with Crippen LogP contribution < -0.4 is 16.0 Å². The van der Waals surface area contributed by atoms with Gasteiger partial charge in [0.2, 0.25) is 5.71 Å². The van der Waals surface area contributed by atoms with Crippen molar-refractivity contribution in [1.29, 1.82) is 0 Å². The van der Waals surface area contributed by atoms with Gasteiger partial charge in [0.25, 0.3) is 5.56 Å². The van der Waals surface area contributed by atoms with Crippen molar-refractivity contribution in [3.05, 3.63) is 32.4 Å². The molecule has 10 heteroatoms. The molecule has 29 heavy (non-hydrogen) atoms. The Morgan fingerprint density at radius 3 is 2.69 bits per heavy atom. The first kappa shape index (κ1) is 19.8. The first-order valence-corrected chi connectivity index (χ1v) is 11.6. The molecular weight excluding hydrogens is 398 g/mol. The van der Waals surface area contributed by atoms with Gasteiger partial charge in [-0.3, -0.25) is 9.78 Å². The van der Waals surface area contributed by atoms with E-state index in [2.05, 4.69) is 22.0 Å². The molecule has 156 valence electrons. The van der Waals surface area contributed by atoms with Gasteiger partial charge in [0.1, 0.15) is 5.39 Å². The van der Waals surface area contributed by atoms with Crippen LogP contribution in [0.2, 0.25) is 0 Å². The number of rotatable bonds is 6. The Hall–Kier alpha value is -2.49. The van der Waals surface area contributed by atoms with Crippen molar-refractivity contribution < 1.29 is 17.7 Å². The molecule has 1 aliphatic heterocycles. The number of nitrogens with zero attached hydrogens (tertiary/aromatic N) is 2. The van der Waals surface area contributed by atoms with Crippen molar-refractivity contribution in [1.82, 2.24) is 9.97 Å². The minimum atomic E-state index is -3.02. The lowest BCUT2D eigenvalue weighted by Gasteiger charge is -2.12. The van der Waals surface area contributed by atoms with Crippen LogP contribution in [0.15, 0.2) is 25.2 Å². The lowest BCUT2D eigenvalue weighted by molar-refractivity contribution is 0.309. The highest BCUT2D eigenvalue weighted by Crippen LogP contribution is 2.49. The summed E-state index contributed by atoms with van der Waals surface area (Å²) < 4.78 is 28.0. The molecule has 0 aromatic carbocycles. The van der Waals surface area contributed by atoms with Gasteiger partial charge in [-0.15, -0.1) is 0 Å². The Kier molecular flexibility index (Phi) is 5.05. The van der Waals surface area contributed by atoms with E-state index in [9.17, 15) is 18.0 Å². The van der Waals surface area contributed by atoms with Gasteiger partial charge in [0.05, 0.1) is 17.2 Å². The normalized spacial score (nSPS) is 19.8. The summed E-state index contributed by atoms with van der Waals surface area (Å²) in [5.41, 5.74) is 0.468. The number of oxime groups is 1. The number of nitrogens with one attached hydrogen (secondary N) is 1. The summed E-state index contributed by atoms with van der Waals surface area (Å²) in [6.07, 6.45) is 5.53. The first-order chi connectivity index (χ1) is 13.7. The van der Waals surface area contributed by atoms with Crippen LogP contribution in [0.4, 0.5) is 0 Å². The topological polar surface area (TPSA) is 132 Å². The quantitative estimate of drug-likeness (QED) is 0.705. The summed E-state index contributed by atoms with van der Waals surface area (Å²) in [4.78, 5) is 36.3. The second-order valence-corrected chi connectivity index (χ2v) is 10.5. The van der Waals surface area contributed by atoms with Crippen LogP contribution >= 0.6 is 0 Å². The van der Waals surface area contributed by atoms with Crippen LogP contribution in [0.25, 0.3) is 11.1 Å². The second-order valence-electron chi connectivity index (χ2n) is 8.21. The third kappa shape index (κ3) is 4.75. The minimum Gasteiger partial charge on any atom is -0.403 e. The monoisotopic (exact) mass is 421 g/mol. The molecule has 2 aromatic heterocycles. The number of aromatic nitrogens is 2. The maximum atomic E-state index is 12.6. The highest BCUT2D eigenvalue weighted by molar-refractivity contribution is 7.91. The van der Waals surface area contributed by atoms with E-state index >= 15 is 0 Å². The maximum absolute atomic E-state index is 12.6. The Morgan fingerprint density at radius 2 is 2.00 bits per heavy atom. The molecule has 0 atom stereocenters. The first-order valence-electron chi connectivity index (χ1n) is 9.73.